The van der Waals surface area contributed by atoms with Crippen molar-refractivity contribution in [2.75, 3.05) is 5.75 Å². The maximum atomic E-state index is 12.1. The van der Waals surface area contributed by atoms with E-state index in [1.165, 1.54) is 0 Å². The van der Waals surface area contributed by atoms with Gasteiger partial charge in [-0.1, -0.05) is 126 Å². The Kier molecular flexibility index (Phi) is 10.4. The Bertz CT molecular complexity index is 1530. The highest BCUT2D eigenvalue weighted by Crippen LogP contribution is 2.43. The second-order valence-corrected chi connectivity index (χ2v) is 13.7. The lowest BCUT2D eigenvalue weighted by Gasteiger charge is -2.41. The molecule has 226 valence electrons. The van der Waals surface area contributed by atoms with Crippen LogP contribution in [-0.2, 0) is 34.5 Å². The lowest BCUT2D eigenvalue weighted by molar-refractivity contribution is -0.268. The number of nitrogens with zero attached hydrogens (tertiary/aromatic N) is 2. The Hall–Kier alpha value is -2.56. The number of thioether (sulfide) groups is 1. The summed E-state index contributed by atoms with van der Waals surface area (Å²) in [5.74, 6) is 0.0976. The number of aliphatic hydroxyl groups excluding tert-OH is 1. The van der Waals surface area contributed by atoms with Crippen LogP contribution in [0.2, 0.25) is 0 Å². The zero-order valence-corrected chi connectivity index (χ0v) is 26.7. The van der Waals surface area contributed by atoms with Crippen LogP contribution in [0.25, 0.3) is 11.1 Å². The van der Waals surface area contributed by atoms with Crippen molar-refractivity contribution in [2.45, 2.75) is 47.5 Å². The fraction of sp³-hybridized carbons (Fsp3) is 0.312. The second kappa shape index (κ2) is 14.0. The van der Waals surface area contributed by atoms with Crippen LogP contribution in [-0.4, -0.2) is 36.2 Å². The second-order valence-electron chi connectivity index (χ2n) is 10.4. The summed E-state index contributed by atoms with van der Waals surface area (Å²) in [6.07, 6.45) is 2.82. The largest absolute Gasteiger partial charge is 0.392 e. The van der Waals surface area contributed by atoms with Crippen molar-refractivity contribution in [2.24, 2.45) is 13.0 Å². The molecule has 43 heavy (non-hydrogen) atoms. The molecule has 11 heteroatoms. The van der Waals surface area contributed by atoms with Gasteiger partial charge in [-0.2, -0.15) is 0 Å². The van der Waals surface area contributed by atoms with Crippen molar-refractivity contribution < 1.29 is 19.4 Å². The summed E-state index contributed by atoms with van der Waals surface area (Å²) >= 11 is 18.8. The quantitative estimate of drug-likeness (QED) is 0.147. The van der Waals surface area contributed by atoms with Gasteiger partial charge in [0, 0.05) is 43.2 Å². The maximum Gasteiger partial charge on any atom is 0.272 e. The van der Waals surface area contributed by atoms with Crippen molar-refractivity contribution in [3.05, 3.63) is 107 Å². The van der Waals surface area contributed by atoms with Crippen molar-refractivity contribution >= 4 is 52.5 Å². The van der Waals surface area contributed by atoms with Crippen LogP contribution in [0.5, 0.6) is 0 Å². The van der Waals surface area contributed by atoms with E-state index in [0.717, 1.165) is 38.5 Å². The number of alkyl halides is 3. The first kappa shape index (κ1) is 31.9. The van der Waals surface area contributed by atoms with Crippen LogP contribution in [0.3, 0.4) is 0 Å². The van der Waals surface area contributed by atoms with Gasteiger partial charge in [-0.05, 0) is 27.8 Å². The molecular formula is C32H32Cl3N3O4S. The summed E-state index contributed by atoms with van der Waals surface area (Å²) in [5, 5.41) is 13.1. The summed E-state index contributed by atoms with van der Waals surface area (Å²) in [6, 6.07) is 23.7. The average molecular weight is 661 g/mol. The Morgan fingerprint density at radius 2 is 1.72 bits per heavy atom. The molecule has 5 rings (SSSR count). The van der Waals surface area contributed by atoms with Crippen molar-refractivity contribution in [3.63, 3.8) is 0 Å². The number of imidazole rings is 1. The van der Waals surface area contributed by atoms with Crippen LogP contribution in [0, 0.1) is 5.92 Å². The van der Waals surface area contributed by atoms with Crippen LogP contribution in [0.15, 0.2) is 90.3 Å². The zero-order valence-electron chi connectivity index (χ0n) is 23.6. The molecule has 1 aromatic heterocycles. The molecule has 2 heterocycles. The lowest BCUT2D eigenvalue weighted by Crippen LogP contribution is -2.38. The van der Waals surface area contributed by atoms with Crippen LogP contribution in [0.4, 0.5) is 0 Å². The topological polar surface area (TPSA) is 85.6 Å². The van der Waals surface area contributed by atoms with Gasteiger partial charge in [-0.3, -0.25) is 4.79 Å². The summed E-state index contributed by atoms with van der Waals surface area (Å²) in [6.45, 7) is 2.35. The number of hydrogen-bond acceptors (Lipinski definition) is 6. The minimum atomic E-state index is -2.03. The predicted molar refractivity (Wildman–Crippen MR) is 171 cm³/mol. The van der Waals surface area contributed by atoms with Crippen LogP contribution < -0.4 is 5.32 Å². The Labute approximate surface area is 270 Å². The third kappa shape index (κ3) is 7.75. The van der Waals surface area contributed by atoms with Gasteiger partial charge in [0.15, 0.2) is 11.4 Å². The standard InChI is InChI=1S/C32H32Cl3N3O4S/c1-20-27(19-43-31-36-15-16-38(31)2)41-29(42-28(20)23-9-7-21(18-39)8-10-23)24-13-11-22(12-14-24)26-6-4-3-5-25(26)17-37-30(40)32(33,34)35/h3-16,20,27-29,39H,17-19H2,1-2H3,(H,37,40). The molecule has 0 bridgehead atoms. The van der Waals surface area contributed by atoms with Crippen LogP contribution >= 0.6 is 46.6 Å². The number of ether oxygens (including phenoxy) is 2. The highest BCUT2D eigenvalue weighted by Gasteiger charge is 2.38. The fourth-order valence-electron chi connectivity index (χ4n) is 5.01. The third-order valence-corrected chi connectivity index (χ3v) is 9.15. The van der Waals surface area contributed by atoms with Crippen LogP contribution in [0.1, 0.15) is 41.6 Å². The summed E-state index contributed by atoms with van der Waals surface area (Å²) < 4.78 is 13.2. The van der Waals surface area contributed by atoms with Crippen molar-refractivity contribution in [3.8, 4) is 11.1 Å². The van der Waals surface area contributed by atoms with E-state index in [-0.39, 0.29) is 31.3 Å². The first-order valence-electron chi connectivity index (χ1n) is 13.8. The molecule has 1 aliphatic heterocycles. The van der Waals surface area contributed by atoms with Crippen molar-refractivity contribution in [1.29, 1.82) is 0 Å². The van der Waals surface area contributed by atoms with E-state index >= 15 is 0 Å². The number of nitrogens with one attached hydrogen (secondary N) is 1. The molecule has 1 saturated heterocycles. The number of benzene rings is 3. The first-order chi connectivity index (χ1) is 20.6. The number of aryl methyl sites for hydroxylation is 1. The molecule has 0 saturated carbocycles. The van der Waals surface area contributed by atoms with E-state index < -0.39 is 16.0 Å². The average Bonchev–Trinajstić information content (AvgIpc) is 3.43. The number of halogens is 3. The molecule has 4 atom stereocenters. The molecule has 1 amide bonds. The first-order valence-corrected chi connectivity index (χ1v) is 15.9. The SMILES string of the molecule is CC1C(CSc2nccn2C)OC(c2ccc(-c3ccccc3CNC(=O)C(Cl)(Cl)Cl)cc2)OC1c1ccc(CO)cc1. The van der Waals surface area contributed by atoms with Gasteiger partial charge in [0.05, 0.1) is 18.8 Å². The molecule has 3 aromatic carbocycles. The van der Waals surface area contributed by atoms with Gasteiger partial charge < -0.3 is 24.5 Å². The molecule has 1 fully saturated rings. The molecule has 7 nitrogen and oxygen atoms in total. The summed E-state index contributed by atoms with van der Waals surface area (Å²) in [4.78, 5) is 16.5. The highest BCUT2D eigenvalue weighted by molar-refractivity contribution is 7.99. The highest BCUT2D eigenvalue weighted by atomic mass is 35.6. The number of amides is 1. The number of carbonyl (C=O) groups is 1. The molecule has 0 radical (unpaired) electrons. The lowest BCUT2D eigenvalue weighted by atomic mass is 9.91. The molecule has 2 N–H and O–H groups in total. The van der Waals surface area contributed by atoms with E-state index in [4.69, 9.17) is 44.3 Å². The Balaban J connectivity index is 1.37. The summed E-state index contributed by atoms with van der Waals surface area (Å²) in [7, 11) is 1.98. The third-order valence-electron chi connectivity index (χ3n) is 7.49. The molecule has 0 spiro atoms. The fourth-order valence-corrected chi connectivity index (χ4v) is 6.30. The zero-order chi connectivity index (χ0) is 30.6. The number of aromatic nitrogens is 2. The number of rotatable bonds is 9. The molecular weight excluding hydrogens is 629 g/mol. The predicted octanol–water partition coefficient (Wildman–Crippen LogP) is 7.15. The van der Waals surface area contributed by atoms with Gasteiger partial charge in [0.2, 0.25) is 0 Å². The van der Waals surface area contributed by atoms with Gasteiger partial charge in [-0.15, -0.1) is 0 Å². The van der Waals surface area contributed by atoms with E-state index in [2.05, 4.69) is 17.2 Å². The normalized spacial score (nSPS) is 20.6. The minimum absolute atomic E-state index is 0.00915. The van der Waals surface area contributed by atoms with E-state index in [9.17, 15) is 9.90 Å². The molecule has 0 aliphatic carbocycles. The molecule has 4 aromatic rings. The van der Waals surface area contributed by atoms with Gasteiger partial charge in [0.1, 0.15) is 0 Å². The monoisotopic (exact) mass is 659 g/mol. The van der Waals surface area contributed by atoms with Crippen molar-refractivity contribution in [1.82, 2.24) is 14.9 Å². The van der Waals surface area contributed by atoms with E-state index in [1.807, 2.05) is 90.6 Å². The minimum Gasteiger partial charge on any atom is -0.392 e. The van der Waals surface area contributed by atoms with E-state index in [0.29, 0.717) is 5.75 Å². The summed E-state index contributed by atoms with van der Waals surface area (Å²) in [5.41, 5.74) is 5.57. The van der Waals surface area contributed by atoms with Gasteiger partial charge >= 0.3 is 0 Å². The number of carbonyl (C=O) groups excluding carboxylic acids is 1. The number of aliphatic hydroxyl groups is 1. The van der Waals surface area contributed by atoms with Gasteiger partial charge in [0.25, 0.3) is 9.70 Å². The Morgan fingerprint density at radius 3 is 2.37 bits per heavy atom. The molecule has 4 unspecified atom stereocenters. The number of hydrogen-bond donors (Lipinski definition) is 2. The Morgan fingerprint density at radius 1 is 1.02 bits per heavy atom. The van der Waals surface area contributed by atoms with Gasteiger partial charge in [-0.25, -0.2) is 4.98 Å². The maximum absolute atomic E-state index is 12.1. The smallest absolute Gasteiger partial charge is 0.272 e. The molecule has 1 aliphatic rings. The van der Waals surface area contributed by atoms with E-state index in [1.54, 1.807) is 18.0 Å².